The summed E-state index contributed by atoms with van der Waals surface area (Å²) < 4.78 is 27.0. The molecule has 113 valence electrons. The highest BCUT2D eigenvalue weighted by atomic mass is 32.2. The van der Waals surface area contributed by atoms with Crippen LogP contribution in [0.2, 0.25) is 0 Å². The van der Waals surface area contributed by atoms with Crippen LogP contribution in [0.5, 0.6) is 0 Å². The molecular weight excluding hydrogens is 294 g/mol. The van der Waals surface area contributed by atoms with Crippen molar-refractivity contribution in [2.24, 2.45) is 0 Å². The van der Waals surface area contributed by atoms with Gasteiger partial charge in [0.1, 0.15) is 0 Å². The zero-order valence-corrected chi connectivity index (χ0v) is 13.5. The SMILES string of the molecule is CC[C](C)c1cccc2c1ccn2S(=O)(=O)c1ccccc1. The molecule has 0 aliphatic rings. The summed E-state index contributed by atoms with van der Waals surface area (Å²) in [4.78, 5) is 0.300. The molecule has 0 saturated heterocycles. The summed E-state index contributed by atoms with van der Waals surface area (Å²) >= 11 is 0. The third kappa shape index (κ3) is 2.33. The number of nitrogens with zero attached hydrogens (tertiary/aromatic N) is 1. The van der Waals surface area contributed by atoms with Crippen molar-refractivity contribution in [1.82, 2.24) is 3.97 Å². The lowest BCUT2D eigenvalue weighted by atomic mass is 9.95. The molecule has 3 rings (SSSR count). The summed E-state index contributed by atoms with van der Waals surface area (Å²) in [6.07, 6.45) is 2.58. The van der Waals surface area contributed by atoms with E-state index in [9.17, 15) is 8.42 Å². The van der Waals surface area contributed by atoms with Crippen LogP contribution in [-0.2, 0) is 10.0 Å². The minimum absolute atomic E-state index is 0.300. The molecule has 0 aliphatic carbocycles. The first kappa shape index (κ1) is 14.9. The second-order valence-corrected chi connectivity index (χ2v) is 7.12. The molecule has 0 spiro atoms. The number of hydrogen-bond donors (Lipinski definition) is 0. The van der Waals surface area contributed by atoms with Crippen LogP contribution in [-0.4, -0.2) is 12.4 Å². The highest BCUT2D eigenvalue weighted by Gasteiger charge is 2.20. The van der Waals surface area contributed by atoms with Crippen molar-refractivity contribution in [3.05, 3.63) is 72.3 Å². The van der Waals surface area contributed by atoms with Crippen molar-refractivity contribution in [3.8, 4) is 0 Å². The first-order valence-electron chi connectivity index (χ1n) is 7.29. The highest BCUT2D eigenvalue weighted by Crippen LogP contribution is 2.29. The molecule has 1 heterocycles. The van der Waals surface area contributed by atoms with Crippen LogP contribution in [0.4, 0.5) is 0 Å². The standard InChI is InChI=1S/C18H18NO2S/c1-3-14(2)16-10-7-11-18-17(16)12-13-19(18)22(20,21)15-8-5-4-6-9-15/h4-13H,3H2,1-2H3. The maximum Gasteiger partial charge on any atom is 0.268 e. The van der Waals surface area contributed by atoms with Gasteiger partial charge in [-0.25, -0.2) is 12.4 Å². The van der Waals surface area contributed by atoms with Gasteiger partial charge in [0.2, 0.25) is 0 Å². The monoisotopic (exact) mass is 312 g/mol. The first-order valence-corrected chi connectivity index (χ1v) is 8.73. The topological polar surface area (TPSA) is 39.1 Å². The molecule has 1 aromatic heterocycles. The van der Waals surface area contributed by atoms with Gasteiger partial charge in [0.05, 0.1) is 10.4 Å². The Bertz CT molecular complexity index is 895. The molecule has 0 aliphatic heterocycles. The van der Waals surface area contributed by atoms with Gasteiger partial charge >= 0.3 is 0 Å². The molecule has 0 N–H and O–H groups in total. The van der Waals surface area contributed by atoms with E-state index in [0.717, 1.165) is 17.4 Å². The minimum Gasteiger partial charge on any atom is -0.241 e. The van der Waals surface area contributed by atoms with E-state index in [1.807, 2.05) is 30.3 Å². The normalized spacial score (nSPS) is 12.1. The molecule has 0 saturated carbocycles. The van der Waals surface area contributed by atoms with E-state index >= 15 is 0 Å². The number of aromatic nitrogens is 1. The predicted molar refractivity (Wildman–Crippen MR) is 89.3 cm³/mol. The lowest BCUT2D eigenvalue weighted by Gasteiger charge is -2.11. The average molecular weight is 312 g/mol. The first-order chi connectivity index (χ1) is 10.6. The summed E-state index contributed by atoms with van der Waals surface area (Å²) in [6.45, 7) is 4.18. The lowest BCUT2D eigenvalue weighted by Crippen LogP contribution is -2.11. The van der Waals surface area contributed by atoms with E-state index < -0.39 is 10.0 Å². The summed E-state index contributed by atoms with van der Waals surface area (Å²) in [5.41, 5.74) is 1.83. The number of benzene rings is 2. The zero-order chi connectivity index (χ0) is 15.7. The number of fused-ring (bicyclic) bond motifs is 1. The Kier molecular flexibility index (Phi) is 3.79. The number of rotatable bonds is 4. The van der Waals surface area contributed by atoms with Gasteiger partial charge in [-0.3, -0.25) is 0 Å². The Hall–Kier alpha value is -2.07. The highest BCUT2D eigenvalue weighted by molar-refractivity contribution is 7.90. The molecule has 0 fully saturated rings. The van der Waals surface area contributed by atoms with E-state index in [1.54, 1.807) is 30.5 Å². The maximum atomic E-state index is 12.8. The van der Waals surface area contributed by atoms with Crippen molar-refractivity contribution < 1.29 is 8.42 Å². The van der Waals surface area contributed by atoms with Gasteiger partial charge in [0.25, 0.3) is 10.0 Å². The molecule has 0 unspecified atom stereocenters. The molecular formula is C18H18NO2S. The van der Waals surface area contributed by atoms with Gasteiger partial charge in [-0.05, 0) is 36.2 Å². The van der Waals surface area contributed by atoms with Gasteiger partial charge in [-0.15, -0.1) is 0 Å². The molecule has 22 heavy (non-hydrogen) atoms. The second-order valence-electron chi connectivity index (χ2n) is 5.30. The fourth-order valence-electron chi connectivity index (χ4n) is 2.62. The zero-order valence-electron chi connectivity index (χ0n) is 12.7. The van der Waals surface area contributed by atoms with Crippen LogP contribution in [0.1, 0.15) is 25.8 Å². The molecule has 4 heteroatoms. The molecule has 0 amide bonds. The summed E-state index contributed by atoms with van der Waals surface area (Å²) in [6, 6.07) is 16.2. The molecule has 2 aromatic carbocycles. The van der Waals surface area contributed by atoms with Gasteiger partial charge in [0.15, 0.2) is 0 Å². The fraction of sp³-hybridized carbons (Fsp3) is 0.167. The van der Waals surface area contributed by atoms with Gasteiger partial charge < -0.3 is 0 Å². The van der Waals surface area contributed by atoms with Crippen molar-refractivity contribution in [3.63, 3.8) is 0 Å². The summed E-state index contributed by atoms with van der Waals surface area (Å²) in [7, 11) is -3.56. The van der Waals surface area contributed by atoms with Crippen LogP contribution in [0.15, 0.2) is 65.7 Å². The van der Waals surface area contributed by atoms with Crippen molar-refractivity contribution in [1.29, 1.82) is 0 Å². The minimum atomic E-state index is -3.56. The largest absolute Gasteiger partial charge is 0.268 e. The Morgan fingerprint density at radius 2 is 1.73 bits per heavy atom. The Labute approximate surface area is 131 Å². The van der Waals surface area contributed by atoms with Gasteiger partial charge in [-0.2, -0.15) is 0 Å². The van der Waals surface area contributed by atoms with Crippen molar-refractivity contribution in [2.45, 2.75) is 25.2 Å². The maximum absolute atomic E-state index is 12.8. The van der Waals surface area contributed by atoms with E-state index in [2.05, 4.69) is 13.8 Å². The predicted octanol–water partition coefficient (Wildman–Crippen LogP) is 4.23. The van der Waals surface area contributed by atoms with E-state index in [4.69, 9.17) is 0 Å². The molecule has 3 aromatic rings. The average Bonchev–Trinajstić information content (AvgIpc) is 2.99. The third-order valence-corrected chi connectivity index (χ3v) is 5.69. The van der Waals surface area contributed by atoms with Crippen LogP contribution in [0.25, 0.3) is 10.9 Å². The van der Waals surface area contributed by atoms with Gasteiger partial charge in [0, 0.05) is 17.5 Å². The van der Waals surface area contributed by atoms with Crippen LogP contribution in [0, 0.1) is 5.92 Å². The van der Waals surface area contributed by atoms with Crippen molar-refractivity contribution in [2.75, 3.05) is 0 Å². The van der Waals surface area contributed by atoms with Crippen LogP contribution < -0.4 is 0 Å². The van der Waals surface area contributed by atoms with E-state index in [-0.39, 0.29) is 0 Å². The van der Waals surface area contributed by atoms with Crippen LogP contribution in [0.3, 0.4) is 0 Å². The number of hydrogen-bond acceptors (Lipinski definition) is 2. The fourth-order valence-corrected chi connectivity index (χ4v) is 3.99. The summed E-state index contributed by atoms with van der Waals surface area (Å²) in [5.74, 6) is 1.25. The lowest BCUT2D eigenvalue weighted by molar-refractivity contribution is 0.589. The van der Waals surface area contributed by atoms with Gasteiger partial charge in [-0.1, -0.05) is 44.2 Å². The Balaban J connectivity index is 2.22. The van der Waals surface area contributed by atoms with Crippen LogP contribution >= 0.6 is 0 Å². The third-order valence-electron chi connectivity index (χ3n) is 3.99. The van der Waals surface area contributed by atoms with Crippen molar-refractivity contribution >= 4 is 20.9 Å². The molecule has 0 atom stereocenters. The smallest absolute Gasteiger partial charge is 0.241 e. The Morgan fingerprint density at radius 3 is 2.41 bits per heavy atom. The molecule has 3 nitrogen and oxygen atoms in total. The Morgan fingerprint density at radius 1 is 1.00 bits per heavy atom. The summed E-state index contributed by atoms with van der Waals surface area (Å²) in [5, 5.41) is 0.973. The quantitative estimate of drug-likeness (QED) is 0.723. The molecule has 1 radical (unpaired) electrons. The second kappa shape index (κ2) is 5.61. The molecule has 0 bridgehead atoms. The van der Waals surface area contributed by atoms with E-state index in [0.29, 0.717) is 10.4 Å². The van der Waals surface area contributed by atoms with E-state index in [1.165, 1.54) is 9.89 Å².